The quantitative estimate of drug-likeness (QED) is 0.884. The summed E-state index contributed by atoms with van der Waals surface area (Å²) in [5.74, 6) is 1.85. The van der Waals surface area contributed by atoms with Crippen LogP contribution in [0.4, 0.5) is 0 Å². The third kappa shape index (κ3) is 3.63. The van der Waals surface area contributed by atoms with E-state index in [1.165, 1.54) is 0 Å². The number of hydrogen-bond acceptors (Lipinski definition) is 4. The van der Waals surface area contributed by atoms with Crippen LogP contribution in [0.3, 0.4) is 0 Å². The molecule has 1 unspecified atom stereocenters. The van der Waals surface area contributed by atoms with Crippen molar-refractivity contribution in [2.45, 2.75) is 12.6 Å². The van der Waals surface area contributed by atoms with Crippen molar-refractivity contribution in [1.82, 2.24) is 10.6 Å². The minimum absolute atomic E-state index is 0. The molecule has 16 heavy (non-hydrogen) atoms. The van der Waals surface area contributed by atoms with Crippen LogP contribution in [0.2, 0.25) is 0 Å². The van der Waals surface area contributed by atoms with Gasteiger partial charge in [-0.15, -0.1) is 35.5 Å². The Balaban J connectivity index is 0.00000128. The van der Waals surface area contributed by atoms with Crippen molar-refractivity contribution in [2.75, 3.05) is 11.6 Å². The molecule has 0 saturated carbocycles. The molecule has 1 aliphatic rings. The average Bonchev–Trinajstić information content (AvgIpc) is 2.85. The zero-order valence-electron chi connectivity index (χ0n) is 8.36. The fourth-order valence-corrected chi connectivity index (χ4v) is 3.68. The number of thiophene rings is 1. The van der Waals surface area contributed by atoms with Gasteiger partial charge in [0.2, 0.25) is 5.91 Å². The van der Waals surface area contributed by atoms with Gasteiger partial charge in [-0.3, -0.25) is 10.1 Å². The first-order valence-corrected chi connectivity index (χ1v) is 7.41. The molecule has 2 N–H and O–H groups in total. The van der Waals surface area contributed by atoms with E-state index in [2.05, 4.69) is 26.6 Å². The van der Waals surface area contributed by atoms with Gasteiger partial charge in [0, 0.05) is 21.0 Å². The van der Waals surface area contributed by atoms with Crippen LogP contribution in [-0.4, -0.2) is 23.6 Å². The fraction of sp³-hybridized carbons (Fsp3) is 0.444. The van der Waals surface area contributed by atoms with E-state index in [1.807, 2.05) is 11.4 Å². The second-order valence-electron chi connectivity index (χ2n) is 3.18. The molecule has 1 atom stereocenters. The number of halogens is 2. The van der Waals surface area contributed by atoms with Crippen LogP contribution in [0.5, 0.6) is 0 Å². The lowest BCUT2D eigenvalue weighted by Crippen LogP contribution is -2.41. The largest absolute Gasteiger partial charge is 0.350 e. The highest BCUT2D eigenvalue weighted by Gasteiger charge is 2.22. The smallest absolute Gasteiger partial charge is 0.238 e. The molecule has 1 fully saturated rings. The fourth-order valence-electron chi connectivity index (χ4n) is 1.31. The Morgan fingerprint density at radius 1 is 1.69 bits per heavy atom. The van der Waals surface area contributed by atoms with Crippen molar-refractivity contribution in [3.8, 4) is 0 Å². The highest BCUT2D eigenvalue weighted by atomic mass is 79.9. The van der Waals surface area contributed by atoms with E-state index in [0.717, 1.165) is 21.0 Å². The molecule has 2 rings (SSSR count). The van der Waals surface area contributed by atoms with E-state index in [9.17, 15) is 4.79 Å². The van der Waals surface area contributed by atoms with Gasteiger partial charge in [0.1, 0.15) is 0 Å². The van der Waals surface area contributed by atoms with Gasteiger partial charge in [0.05, 0.1) is 12.6 Å². The third-order valence-corrected chi connectivity index (χ3v) is 5.01. The van der Waals surface area contributed by atoms with Crippen molar-refractivity contribution >= 4 is 57.3 Å². The maximum absolute atomic E-state index is 11.7. The highest BCUT2D eigenvalue weighted by molar-refractivity contribution is 9.10. The summed E-state index contributed by atoms with van der Waals surface area (Å²) in [7, 11) is 0. The molecule has 0 radical (unpaired) electrons. The maximum Gasteiger partial charge on any atom is 0.238 e. The van der Waals surface area contributed by atoms with E-state index < -0.39 is 0 Å². The first-order chi connectivity index (χ1) is 7.27. The first-order valence-electron chi connectivity index (χ1n) is 4.58. The predicted molar refractivity (Wildman–Crippen MR) is 75.4 cm³/mol. The normalized spacial score (nSPS) is 19.2. The lowest BCUT2D eigenvalue weighted by atomic mass is 10.3. The van der Waals surface area contributed by atoms with Gasteiger partial charge < -0.3 is 5.32 Å². The summed E-state index contributed by atoms with van der Waals surface area (Å²) in [5, 5.41) is 8.09. The van der Waals surface area contributed by atoms with Gasteiger partial charge in [-0.05, 0) is 27.4 Å². The number of thioether (sulfide) groups is 1. The Kier molecular flexibility index (Phi) is 6.13. The van der Waals surface area contributed by atoms with Gasteiger partial charge in [-0.1, -0.05) is 0 Å². The Hall–Kier alpha value is 0.250. The van der Waals surface area contributed by atoms with Crippen LogP contribution in [0.15, 0.2) is 15.9 Å². The lowest BCUT2D eigenvalue weighted by Gasteiger charge is -2.09. The molecule has 1 aromatic rings. The number of nitrogens with one attached hydrogen (secondary N) is 2. The Labute approximate surface area is 117 Å². The van der Waals surface area contributed by atoms with Gasteiger partial charge in [-0.2, -0.15) is 0 Å². The lowest BCUT2D eigenvalue weighted by molar-refractivity contribution is -0.122. The van der Waals surface area contributed by atoms with Crippen molar-refractivity contribution in [3.05, 3.63) is 20.8 Å². The Morgan fingerprint density at radius 2 is 2.50 bits per heavy atom. The summed E-state index contributed by atoms with van der Waals surface area (Å²) < 4.78 is 1.07. The van der Waals surface area contributed by atoms with Gasteiger partial charge in [0.15, 0.2) is 0 Å². The molecule has 0 spiro atoms. The molecule has 90 valence electrons. The molecule has 0 bridgehead atoms. The topological polar surface area (TPSA) is 41.1 Å². The van der Waals surface area contributed by atoms with Crippen molar-refractivity contribution in [1.29, 1.82) is 0 Å². The SMILES string of the molecule is Cl.O=C(NCc1sccc1Br)C1CSCN1. The monoisotopic (exact) mass is 342 g/mol. The molecule has 1 aromatic heterocycles. The Bertz CT molecular complexity index is 355. The van der Waals surface area contributed by atoms with E-state index in [0.29, 0.717) is 6.54 Å². The number of carbonyl (C=O) groups excluding carboxylic acids is 1. The molecular formula is C9H12BrClN2OS2. The van der Waals surface area contributed by atoms with Crippen molar-refractivity contribution in [3.63, 3.8) is 0 Å². The van der Waals surface area contributed by atoms with Gasteiger partial charge in [-0.25, -0.2) is 0 Å². The van der Waals surface area contributed by atoms with E-state index in [-0.39, 0.29) is 24.4 Å². The number of rotatable bonds is 3. The van der Waals surface area contributed by atoms with Crippen LogP contribution >= 0.6 is 51.4 Å². The predicted octanol–water partition coefficient (Wildman–Crippen LogP) is 2.21. The van der Waals surface area contributed by atoms with Crippen LogP contribution in [0.1, 0.15) is 4.88 Å². The molecule has 2 heterocycles. The molecular weight excluding hydrogens is 332 g/mol. The summed E-state index contributed by atoms with van der Waals surface area (Å²) in [5.41, 5.74) is 0. The van der Waals surface area contributed by atoms with Crippen LogP contribution in [0.25, 0.3) is 0 Å². The van der Waals surface area contributed by atoms with Crippen LogP contribution in [-0.2, 0) is 11.3 Å². The van der Waals surface area contributed by atoms with Crippen LogP contribution < -0.4 is 10.6 Å². The second-order valence-corrected chi connectivity index (χ2v) is 6.07. The number of carbonyl (C=O) groups is 1. The minimum Gasteiger partial charge on any atom is -0.350 e. The highest BCUT2D eigenvalue weighted by Crippen LogP contribution is 2.22. The summed E-state index contributed by atoms with van der Waals surface area (Å²) >= 11 is 6.84. The van der Waals surface area contributed by atoms with E-state index in [4.69, 9.17) is 0 Å². The maximum atomic E-state index is 11.7. The zero-order chi connectivity index (χ0) is 10.7. The van der Waals surface area contributed by atoms with Gasteiger partial charge >= 0.3 is 0 Å². The molecule has 0 aromatic carbocycles. The second kappa shape index (κ2) is 6.86. The minimum atomic E-state index is -0.0197. The molecule has 0 aliphatic carbocycles. The summed E-state index contributed by atoms with van der Waals surface area (Å²) in [6.07, 6.45) is 0. The Morgan fingerprint density at radius 3 is 3.06 bits per heavy atom. The number of amides is 1. The molecule has 7 heteroatoms. The van der Waals surface area contributed by atoms with E-state index in [1.54, 1.807) is 23.1 Å². The summed E-state index contributed by atoms with van der Waals surface area (Å²) in [6.45, 7) is 0.611. The van der Waals surface area contributed by atoms with Gasteiger partial charge in [0.25, 0.3) is 0 Å². The zero-order valence-corrected chi connectivity index (χ0v) is 12.4. The average molecular weight is 344 g/mol. The standard InChI is InChI=1S/C9H11BrN2OS2.ClH/c10-6-1-2-15-8(6)3-11-9(13)7-4-14-5-12-7;/h1-2,7,12H,3-5H2,(H,11,13);1H. The van der Waals surface area contributed by atoms with Crippen molar-refractivity contribution in [2.24, 2.45) is 0 Å². The molecule has 1 saturated heterocycles. The van der Waals surface area contributed by atoms with Crippen molar-refractivity contribution < 1.29 is 4.79 Å². The molecule has 1 amide bonds. The molecule has 3 nitrogen and oxygen atoms in total. The third-order valence-electron chi connectivity index (χ3n) is 2.15. The number of hydrogen-bond donors (Lipinski definition) is 2. The summed E-state index contributed by atoms with van der Waals surface area (Å²) in [4.78, 5) is 12.8. The first kappa shape index (κ1) is 14.3. The summed E-state index contributed by atoms with van der Waals surface area (Å²) in [6, 6.07) is 1.98. The molecule has 1 aliphatic heterocycles. The van der Waals surface area contributed by atoms with E-state index >= 15 is 0 Å². The van der Waals surface area contributed by atoms with Crippen LogP contribution in [0, 0.1) is 0 Å².